The van der Waals surface area contributed by atoms with Crippen molar-refractivity contribution in [2.75, 3.05) is 13.7 Å². The second-order valence-corrected chi connectivity index (χ2v) is 18.2. The minimum absolute atomic E-state index is 0.0421. The molecule has 5 rings (SSSR count). The summed E-state index contributed by atoms with van der Waals surface area (Å²) >= 11 is 0. The van der Waals surface area contributed by atoms with Gasteiger partial charge in [0, 0.05) is 51.8 Å². The SMILES string of the molecule is CC(C)(C)C(=O)[C@@H](N)COC=O.CC(C)(C)C(=O)c1ccc(O)cc1.CC(C)(C)c1ccc([N+](=O)[O-])c2nonc12.COc1ccc2c(CC(=O)C(C)(C)C)cc(=O)oc2c1. The van der Waals surface area contributed by atoms with Gasteiger partial charge in [-0.3, -0.25) is 29.3 Å². The molecule has 330 valence electrons. The fraction of sp³-hybridized carbons (Fsp3) is 0.444. The smallest absolute Gasteiger partial charge is 0.336 e. The maximum Gasteiger partial charge on any atom is 0.336 e. The Balaban J connectivity index is 0.000000286. The molecule has 0 spiro atoms. The van der Waals surface area contributed by atoms with Crippen molar-refractivity contribution >= 4 is 51.5 Å². The number of phenols is 1. The van der Waals surface area contributed by atoms with Crippen LogP contribution in [0.15, 0.2) is 74.5 Å². The minimum atomic E-state index is -0.713. The Bertz CT molecular complexity index is 2370. The van der Waals surface area contributed by atoms with E-state index in [0.29, 0.717) is 28.0 Å². The van der Waals surface area contributed by atoms with E-state index in [1.54, 1.807) is 58.2 Å². The molecule has 0 bridgehead atoms. The monoisotopic (exact) mass is 846 g/mol. The average Bonchev–Trinajstić information content (AvgIpc) is 3.65. The first-order valence-corrected chi connectivity index (χ1v) is 19.3. The van der Waals surface area contributed by atoms with Crippen LogP contribution < -0.4 is 16.1 Å². The van der Waals surface area contributed by atoms with Crippen LogP contribution in [0.25, 0.3) is 22.0 Å². The highest BCUT2D eigenvalue weighted by Crippen LogP contribution is 2.33. The van der Waals surface area contributed by atoms with Crippen LogP contribution in [0, 0.1) is 26.4 Å². The van der Waals surface area contributed by atoms with E-state index < -0.39 is 27.4 Å². The van der Waals surface area contributed by atoms with Gasteiger partial charge in [-0.1, -0.05) is 83.1 Å². The summed E-state index contributed by atoms with van der Waals surface area (Å²) < 4.78 is 19.2. The van der Waals surface area contributed by atoms with Gasteiger partial charge in [0.15, 0.2) is 11.6 Å². The van der Waals surface area contributed by atoms with Gasteiger partial charge in [-0.05, 0) is 69.3 Å². The first-order chi connectivity index (χ1) is 28.0. The van der Waals surface area contributed by atoms with Crippen molar-refractivity contribution < 1.29 is 47.7 Å². The molecular weight excluding hydrogens is 789 g/mol. The molecule has 0 radical (unpaired) electrons. The molecule has 2 heterocycles. The number of methoxy groups -OCH3 is 1. The van der Waals surface area contributed by atoms with E-state index in [4.69, 9.17) is 20.0 Å². The molecule has 0 aliphatic carbocycles. The standard InChI is InChI=1S/C16H18O4.C11H14O2.C10H11N3O3.C8H15NO3/c1-16(2,3)14(17)7-10-8-15(18)20-13-9-11(19-4)5-6-12(10)13;1-11(2,3)10(13)8-4-6-9(12)7-5-8;1-10(2,3)6-4-5-7(13(14)15)9-8(6)11-16-12-9;1-8(2,3)7(11)6(9)4-12-5-10/h5-6,8-9H,7H2,1-4H3;4-7,12H,1-3H3;4-5H,1-3H3;5-6H,4,9H2,1-3H3/t;;;6-/m...0/s1. The summed E-state index contributed by atoms with van der Waals surface area (Å²) in [6, 6.07) is 15.4. The Morgan fingerprint density at radius 1 is 0.852 bits per heavy atom. The Hall–Kier alpha value is -6.29. The first-order valence-electron chi connectivity index (χ1n) is 19.3. The molecule has 0 saturated heterocycles. The molecule has 0 unspecified atom stereocenters. The number of hydrogen-bond acceptors (Lipinski definition) is 15. The third kappa shape index (κ3) is 15.0. The van der Waals surface area contributed by atoms with E-state index in [2.05, 4.69) is 19.7 Å². The molecule has 61 heavy (non-hydrogen) atoms. The van der Waals surface area contributed by atoms with Gasteiger partial charge in [0.2, 0.25) is 5.52 Å². The molecular formula is C45H58N4O12. The normalized spacial score (nSPS) is 12.0. The van der Waals surface area contributed by atoms with E-state index in [0.717, 1.165) is 10.9 Å². The highest BCUT2D eigenvalue weighted by molar-refractivity contribution is 5.99. The van der Waals surface area contributed by atoms with Gasteiger partial charge in [0.25, 0.3) is 6.47 Å². The van der Waals surface area contributed by atoms with Crippen molar-refractivity contribution in [2.24, 2.45) is 22.0 Å². The maximum absolute atomic E-state index is 12.2. The number of Topliss-reactive ketones (excluding diaryl/α,β-unsaturated/α-hetero) is 3. The lowest BCUT2D eigenvalue weighted by atomic mass is 9.86. The second-order valence-electron chi connectivity index (χ2n) is 18.2. The quantitative estimate of drug-likeness (QED) is 0.0468. The second kappa shape index (κ2) is 20.8. The lowest BCUT2D eigenvalue weighted by Gasteiger charge is -2.20. The fourth-order valence-electron chi connectivity index (χ4n) is 5.35. The number of aromatic nitrogens is 2. The first kappa shape index (κ1) is 50.9. The highest BCUT2D eigenvalue weighted by Gasteiger charge is 2.28. The van der Waals surface area contributed by atoms with Gasteiger partial charge < -0.3 is 24.7 Å². The molecule has 3 N–H and O–H groups in total. The lowest BCUT2D eigenvalue weighted by molar-refractivity contribution is -0.383. The summed E-state index contributed by atoms with van der Waals surface area (Å²) in [5.41, 5.74) is 6.80. The van der Waals surface area contributed by atoms with Gasteiger partial charge in [-0.15, -0.1) is 0 Å². The number of benzene rings is 3. The predicted octanol–water partition coefficient (Wildman–Crippen LogP) is 8.11. The molecule has 1 atom stereocenters. The number of aromatic hydroxyl groups is 1. The van der Waals surface area contributed by atoms with Crippen LogP contribution >= 0.6 is 0 Å². The number of fused-ring (bicyclic) bond motifs is 2. The zero-order valence-electron chi connectivity index (χ0n) is 37.2. The molecule has 3 aromatic carbocycles. The number of non-ortho nitro benzene ring substituents is 1. The molecule has 0 saturated carbocycles. The molecule has 16 heteroatoms. The molecule has 16 nitrogen and oxygen atoms in total. The average molecular weight is 847 g/mol. The Kier molecular flexibility index (Phi) is 17.3. The Morgan fingerprint density at radius 3 is 1.93 bits per heavy atom. The van der Waals surface area contributed by atoms with Gasteiger partial charge in [0.05, 0.1) is 18.1 Å². The molecule has 0 fully saturated rings. The largest absolute Gasteiger partial charge is 0.508 e. The van der Waals surface area contributed by atoms with Crippen LogP contribution in [0.5, 0.6) is 11.5 Å². The van der Waals surface area contributed by atoms with Crippen molar-refractivity contribution in [3.63, 3.8) is 0 Å². The van der Waals surface area contributed by atoms with E-state index >= 15 is 0 Å². The molecule has 2 aromatic heterocycles. The van der Waals surface area contributed by atoms with Crippen LogP contribution in [0.4, 0.5) is 5.69 Å². The van der Waals surface area contributed by atoms with Gasteiger partial charge in [-0.2, -0.15) is 0 Å². The highest BCUT2D eigenvalue weighted by atomic mass is 16.6. The number of nitrogens with two attached hydrogens (primary N) is 1. The topological polar surface area (TPSA) is 245 Å². The fourth-order valence-corrected chi connectivity index (χ4v) is 5.35. The van der Waals surface area contributed by atoms with E-state index in [9.17, 15) is 34.1 Å². The van der Waals surface area contributed by atoms with Crippen molar-refractivity contribution in [2.45, 2.75) is 101 Å². The van der Waals surface area contributed by atoms with Gasteiger partial charge in [0.1, 0.15) is 35.0 Å². The minimum Gasteiger partial charge on any atom is -0.508 e. The van der Waals surface area contributed by atoms with Crippen LogP contribution in [0.3, 0.4) is 0 Å². The number of nitro benzene ring substituents is 1. The summed E-state index contributed by atoms with van der Waals surface area (Å²) in [5.74, 6) is 0.863. The Morgan fingerprint density at radius 2 is 1.44 bits per heavy atom. The number of carbonyl (C=O) groups is 4. The van der Waals surface area contributed by atoms with Crippen molar-refractivity contribution in [1.82, 2.24) is 10.3 Å². The van der Waals surface area contributed by atoms with E-state index in [-0.39, 0.29) is 64.6 Å². The van der Waals surface area contributed by atoms with Crippen LogP contribution in [-0.2, 0) is 31.0 Å². The third-order valence-corrected chi connectivity index (χ3v) is 8.85. The summed E-state index contributed by atoms with van der Waals surface area (Å²) in [5, 5.41) is 27.9. The number of phenolic OH excluding ortho intramolecular Hbond substituents is 1. The summed E-state index contributed by atoms with van der Waals surface area (Å²) in [6.45, 7) is 22.8. The van der Waals surface area contributed by atoms with Crippen molar-refractivity contribution in [3.8, 4) is 11.5 Å². The lowest BCUT2D eigenvalue weighted by Crippen LogP contribution is -2.42. The van der Waals surface area contributed by atoms with E-state index in [1.807, 2.05) is 68.4 Å². The molecule has 0 aliphatic rings. The number of nitrogens with zero attached hydrogens (tertiary/aromatic N) is 3. The van der Waals surface area contributed by atoms with Crippen LogP contribution in [0.1, 0.15) is 105 Å². The summed E-state index contributed by atoms with van der Waals surface area (Å²) in [6.07, 6.45) is 0.220. The van der Waals surface area contributed by atoms with Gasteiger partial charge >= 0.3 is 11.3 Å². The number of nitro groups is 1. The van der Waals surface area contributed by atoms with Gasteiger partial charge in [-0.25, -0.2) is 9.42 Å². The predicted molar refractivity (Wildman–Crippen MR) is 231 cm³/mol. The van der Waals surface area contributed by atoms with Crippen LogP contribution in [0.2, 0.25) is 0 Å². The maximum atomic E-state index is 12.2. The zero-order valence-corrected chi connectivity index (χ0v) is 37.2. The number of ether oxygens (including phenoxy) is 2. The van der Waals surface area contributed by atoms with Crippen molar-refractivity contribution in [1.29, 1.82) is 0 Å². The number of rotatable bonds is 9. The number of hydrogen-bond donors (Lipinski definition) is 2. The zero-order chi connectivity index (χ0) is 46.7. The van der Waals surface area contributed by atoms with Crippen LogP contribution in [-0.4, -0.2) is 63.9 Å². The summed E-state index contributed by atoms with van der Waals surface area (Å²) in [7, 11) is 1.55. The number of ketones is 3. The van der Waals surface area contributed by atoms with E-state index in [1.165, 1.54) is 24.3 Å². The van der Waals surface area contributed by atoms with Crippen molar-refractivity contribution in [3.05, 3.63) is 97.9 Å². The summed E-state index contributed by atoms with van der Waals surface area (Å²) in [4.78, 5) is 66.9. The molecule has 5 aromatic rings. The third-order valence-electron chi connectivity index (χ3n) is 8.85. The Labute approximate surface area is 354 Å². The number of carbonyl (C=O) groups excluding carboxylic acids is 4. The molecule has 0 amide bonds. The molecule has 0 aliphatic heterocycles.